The van der Waals surface area contributed by atoms with Gasteiger partial charge in [0.2, 0.25) is 0 Å². The van der Waals surface area contributed by atoms with Crippen molar-refractivity contribution in [3.05, 3.63) is 29.8 Å². The Bertz CT molecular complexity index is 292. The first-order chi connectivity index (χ1) is 8.31. The summed E-state index contributed by atoms with van der Waals surface area (Å²) in [6.07, 6.45) is 5.09. The fourth-order valence-corrected chi connectivity index (χ4v) is 2.04. The summed E-state index contributed by atoms with van der Waals surface area (Å²) in [5, 5.41) is 0. The van der Waals surface area contributed by atoms with Crippen molar-refractivity contribution in [1.82, 2.24) is 0 Å². The summed E-state index contributed by atoms with van der Waals surface area (Å²) >= 11 is 0. The standard InChI is InChI=1S/C15H26N2/c1-3-5-6-12-17(11-4-2)15-9-7-14(13-16)8-10-15/h7-10H,3-6,11-13,16H2,1-2H3. The van der Waals surface area contributed by atoms with Gasteiger partial charge in [0.05, 0.1) is 0 Å². The van der Waals surface area contributed by atoms with Gasteiger partial charge in [-0.1, -0.05) is 38.8 Å². The molecule has 1 aromatic carbocycles. The Balaban J connectivity index is 2.60. The van der Waals surface area contributed by atoms with Gasteiger partial charge in [0.15, 0.2) is 0 Å². The fraction of sp³-hybridized carbons (Fsp3) is 0.600. The molecule has 0 saturated heterocycles. The van der Waals surface area contributed by atoms with E-state index in [0.717, 1.165) is 6.54 Å². The smallest absolute Gasteiger partial charge is 0.0366 e. The average Bonchev–Trinajstić information content (AvgIpc) is 2.38. The Morgan fingerprint density at radius 2 is 1.65 bits per heavy atom. The van der Waals surface area contributed by atoms with E-state index < -0.39 is 0 Å². The highest BCUT2D eigenvalue weighted by molar-refractivity contribution is 5.47. The monoisotopic (exact) mass is 234 g/mol. The van der Waals surface area contributed by atoms with E-state index in [2.05, 4.69) is 43.0 Å². The number of rotatable bonds is 8. The molecule has 0 aliphatic rings. The summed E-state index contributed by atoms with van der Waals surface area (Å²) in [5.74, 6) is 0. The maximum atomic E-state index is 5.62. The lowest BCUT2D eigenvalue weighted by Crippen LogP contribution is -2.25. The second-order valence-corrected chi connectivity index (χ2v) is 4.56. The second kappa shape index (κ2) is 8.13. The molecule has 0 spiro atoms. The zero-order valence-corrected chi connectivity index (χ0v) is 11.3. The van der Waals surface area contributed by atoms with Crippen LogP contribution in [-0.4, -0.2) is 13.1 Å². The highest BCUT2D eigenvalue weighted by atomic mass is 15.1. The first-order valence-corrected chi connectivity index (χ1v) is 6.85. The number of hydrogen-bond donors (Lipinski definition) is 1. The number of unbranched alkanes of at least 4 members (excludes halogenated alkanes) is 2. The van der Waals surface area contributed by atoms with Crippen LogP contribution in [-0.2, 0) is 6.54 Å². The first-order valence-electron chi connectivity index (χ1n) is 6.85. The molecule has 0 bridgehead atoms. The molecule has 0 aliphatic carbocycles. The number of anilines is 1. The lowest BCUT2D eigenvalue weighted by molar-refractivity contribution is 0.668. The highest BCUT2D eigenvalue weighted by Gasteiger charge is 2.04. The van der Waals surface area contributed by atoms with Gasteiger partial charge in [-0.15, -0.1) is 0 Å². The van der Waals surface area contributed by atoms with E-state index in [1.807, 2.05) is 0 Å². The zero-order chi connectivity index (χ0) is 12.5. The molecule has 0 fully saturated rings. The molecule has 0 unspecified atom stereocenters. The molecule has 0 radical (unpaired) electrons. The van der Waals surface area contributed by atoms with Crippen molar-refractivity contribution in [2.24, 2.45) is 5.73 Å². The minimum absolute atomic E-state index is 0.629. The van der Waals surface area contributed by atoms with Crippen molar-refractivity contribution >= 4 is 5.69 Å². The Morgan fingerprint density at radius 3 is 2.18 bits per heavy atom. The van der Waals surface area contributed by atoms with Crippen LogP contribution in [0.4, 0.5) is 5.69 Å². The molecule has 17 heavy (non-hydrogen) atoms. The molecule has 1 rings (SSSR count). The summed E-state index contributed by atoms with van der Waals surface area (Å²) < 4.78 is 0. The summed E-state index contributed by atoms with van der Waals surface area (Å²) in [5.41, 5.74) is 8.16. The number of nitrogens with zero attached hydrogens (tertiary/aromatic N) is 1. The van der Waals surface area contributed by atoms with Gasteiger partial charge in [-0.3, -0.25) is 0 Å². The van der Waals surface area contributed by atoms with Gasteiger partial charge in [0, 0.05) is 25.3 Å². The van der Waals surface area contributed by atoms with E-state index in [1.54, 1.807) is 0 Å². The molecule has 0 heterocycles. The van der Waals surface area contributed by atoms with Crippen LogP contribution < -0.4 is 10.6 Å². The Labute approximate surface area is 106 Å². The predicted octanol–water partition coefficient (Wildman–Crippen LogP) is 3.55. The van der Waals surface area contributed by atoms with Crippen molar-refractivity contribution in [3.8, 4) is 0 Å². The maximum absolute atomic E-state index is 5.62. The van der Waals surface area contributed by atoms with Crippen LogP contribution in [0.25, 0.3) is 0 Å². The third-order valence-electron chi connectivity index (χ3n) is 3.06. The first kappa shape index (κ1) is 14.0. The van der Waals surface area contributed by atoms with Crippen molar-refractivity contribution in [3.63, 3.8) is 0 Å². The van der Waals surface area contributed by atoms with Crippen LogP contribution >= 0.6 is 0 Å². The molecule has 0 atom stereocenters. The van der Waals surface area contributed by atoms with Crippen LogP contribution in [0.3, 0.4) is 0 Å². The van der Waals surface area contributed by atoms with Gasteiger partial charge in [0.1, 0.15) is 0 Å². The molecule has 0 aromatic heterocycles. The van der Waals surface area contributed by atoms with Crippen LogP contribution in [0.1, 0.15) is 45.1 Å². The van der Waals surface area contributed by atoms with Gasteiger partial charge in [0.25, 0.3) is 0 Å². The minimum Gasteiger partial charge on any atom is -0.372 e. The molecule has 0 amide bonds. The van der Waals surface area contributed by atoms with Crippen molar-refractivity contribution in [1.29, 1.82) is 0 Å². The van der Waals surface area contributed by atoms with E-state index in [9.17, 15) is 0 Å². The molecular formula is C15H26N2. The normalized spacial score (nSPS) is 10.5. The lowest BCUT2D eigenvalue weighted by atomic mass is 10.1. The van der Waals surface area contributed by atoms with Gasteiger partial charge >= 0.3 is 0 Å². The Hall–Kier alpha value is -1.02. The second-order valence-electron chi connectivity index (χ2n) is 4.56. The van der Waals surface area contributed by atoms with Crippen LogP contribution in [0.15, 0.2) is 24.3 Å². The van der Waals surface area contributed by atoms with E-state index in [1.165, 1.54) is 43.5 Å². The molecule has 2 heteroatoms. The number of hydrogen-bond acceptors (Lipinski definition) is 2. The van der Waals surface area contributed by atoms with Gasteiger partial charge in [-0.2, -0.15) is 0 Å². The largest absolute Gasteiger partial charge is 0.372 e. The molecule has 2 nitrogen and oxygen atoms in total. The Morgan fingerprint density at radius 1 is 0.941 bits per heavy atom. The van der Waals surface area contributed by atoms with Crippen LogP contribution in [0.5, 0.6) is 0 Å². The van der Waals surface area contributed by atoms with E-state index in [4.69, 9.17) is 5.73 Å². The van der Waals surface area contributed by atoms with E-state index >= 15 is 0 Å². The summed E-state index contributed by atoms with van der Waals surface area (Å²) in [6, 6.07) is 8.67. The molecule has 2 N–H and O–H groups in total. The zero-order valence-electron chi connectivity index (χ0n) is 11.3. The summed E-state index contributed by atoms with van der Waals surface area (Å²) in [7, 11) is 0. The van der Waals surface area contributed by atoms with E-state index in [-0.39, 0.29) is 0 Å². The SMILES string of the molecule is CCCCCN(CCC)c1ccc(CN)cc1. The molecular weight excluding hydrogens is 208 g/mol. The third kappa shape index (κ3) is 4.78. The van der Waals surface area contributed by atoms with Gasteiger partial charge < -0.3 is 10.6 Å². The average molecular weight is 234 g/mol. The molecule has 1 aromatic rings. The molecule has 96 valence electrons. The summed E-state index contributed by atoms with van der Waals surface area (Å²) in [6.45, 7) is 7.43. The molecule has 0 saturated carbocycles. The van der Waals surface area contributed by atoms with E-state index in [0.29, 0.717) is 6.54 Å². The van der Waals surface area contributed by atoms with Crippen molar-refractivity contribution in [2.75, 3.05) is 18.0 Å². The summed E-state index contributed by atoms with van der Waals surface area (Å²) in [4.78, 5) is 2.48. The third-order valence-corrected chi connectivity index (χ3v) is 3.06. The maximum Gasteiger partial charge on any atom is 0.0366 e. The Kier molecular flexibility index (Phi) is 6.71. The number of benzene rings is 1. The quantitative estimate of drug-likeness (QED) is 0.697. The van der Waals surface area contributed by atoms with Gasteiger partial charge in [-0.25, -0.2) is 0 Å². The number of nitrogens with two attached hydrogens (primary N) is 1. The van der Waals surface area contributed by atoms with Crippen molar-refractivity contribution in [2.45, 2.75) is 46.1 Å². The fourth-order valence-electron chi connectivity index (χ4n) is 2.04. The topological polar surface area (TPSA) is 29.3 Å². The van der Waals surface area contributed by atoms with Crippen molar-refractivity contribution < 1.29 is 0 Å². The van der Waals surface area contributed by atoms with Crippen LogP contribution in [0, 0.1) is 0 Å². The minimum atomic E-state index is 0.629. The van der Waals surface area contributed by atoms with Gasteiger partial charge in [-0.05, 0) is 30.5 Å². The highest BCUT2D eigenvalue weighted by Crippen LogP contribution is 2.16. The molecule has 0 aliphatic heterocycles. The lowest BCUT2D eigenvalue weighted by Gasteiger charge is -2.24. The van der Waals surface area contributed by atoms with Crippen LogP contribution in [0.2, 0.25) is 0 Å². The predicted molar refractivity (Wildman–Crippen MR) is 76.4 cm³/mol.